The predicted molar refractivity (Wildman–Crippen MR) is 87.8 cm³/mol. The Bertz CT molecular complexity index is 893. The second-order valence-corrected chi connectivity index (χ2v) is 5.89. The van der Waals surface area contributed by atoms with Crippen LogP contribution in [0.4, 0.5) is 0 Å². The van der Waals surface area contributed by atoms with Crippen molar-refractivity contribution in [3.8, 4) is 17.1 Å². The minimum Gasteiger partial charge on any atom is -0.497 e. The normalized spacial score (nSPS) is 14.0. The van der Waals surface area contributed by atoms with E-state index >= 15 is 0 Å². The number of aromatic nitrogens is 2. The van der Waals surface area contributed by atoms with E-state index in [9.17, 15) is 0 Å². The maximum Gasteiger partial charge on any atom is 0.231 e. The Hall–Kier alpha value is -2.14. The summed E-state index contributed by atoms with van der Waals surface area (Å²) in [5.74, 6) is 2.66. The summed E-state index contributed by atoms with van der Waals surface area (Å²) in [7, 11) is 1.66. The van der Waals surface area contributed by atoms with Crippen molar-refractivity contribution >= 4 is 23.3 Å². The second-order valence-electron chi connectivity index (χ2n) is 5.50. The number of aryl methyl sites for hydroxylation is 1. The second kappa shape index (κ2) is 5.25. The van der Waals surface area contributed by atoms with Gasteiger partial charge in [0.05, 0.1) is 12.5 Å². The number of benzene rings is 1. The molecule has 1 aliphatic heterocycles. The van der Waals surface area contributed by atoms with Gasteiger partial charge < -0.3 is 13.7 Å². The highest BCUT2D eigenvalue weighted by Gasteiger charge is 2.16. The Morgan fingerprint density at radius 1 is 1.23 bits per heavy atom. The maximum atomic E-state index is 5.94. The summed E-state index contributed by atoms with van der Waals surface area (Å²) in [4.78, 5) is 4.66. The highest BCUT2D eigenvalue weighted by molar-refractivity contribution is 7.71. The van der Waals surface area contributed by atoms with Crippen LogP contribution in [0, 0.1) is 4.64 Å². The molecule has 5 heteroatoms. The van der Waals surface area contributed by atoms with Crippen LogP contribution in [-0.2, 0) is 13.0 Å². The molecule has 4 nitrogen and oxygen atoms in total. The van der Waals surface area contributed by atoms with Crippen LogP contribution in [0.1, 0.15) is 18.7 Å². The summed E-state index contributed by atoms with van der Waals surface area (Å²) < 4.78 is 14.1. The molecule has 1 aliphatic rings. The first kappa shape index (κ1) is 13.5. The molecule has 4 rings (SSSR count). The average molecular weight is 312 g/mol. The van der Waals surface area contributed by atoms with Gasteiger partial charge in [-0.05, 0) is 43.2 Å². The molecule has 0 bridgehead atoms. The van der Waals surface area contributed by atoms with Crippen molar-refractivity contribution in [2.24, 2.45) is 0 Å². The summed E-state index contributed by atoms with van der Waals surface area (Å²) in [5, 5.41) is 0.923. The van der Waals surface area contributed by atoms with E-state index in [4.69, 9.17) is 21.4 Å². The van der Waals surface area contributed by atoms with Crippen molar-refractivity contribution in [1.82, 2.24) is 9.55 Å². The molecule has 0 unspecified atom stereocenters. The molecule has 0 radical (unpaired) electrons. The van der Waals surface area contributed by atoms with E-state index in [1.807, 2.05) is 30.3 Å². The molecule has 0 N–H and O–H groups in total. The van der Waals surface area contributed by atoms with Crippen molar-refractivity contribution in [3.63, 3.8) is 0 Å². The van der Waals surface area contributed by atoms with Crippen molar-refractivity contribution in [1.29, 1.82) is 0 Å². The number of ether oxygens (including phenoxy) is 1. The van der Waals surface area contributed by atoms with Gasteiger partial charge in [0.15, 0.2) is 0 Å². The van der Waals surface area contributed by atoms with Gasteiger partial charge in [-0.2, -0.15) is 4.98 Å². The summed E-state index contributed by atoms with van der Waals surface area (Å²) in [6, 6.07) is 9.79. The summed E-state index contributed by atoms with van der Waals surface area (Å²) in [6.45, 7) is 0.958. The van der Waals surface area contributed by atoms with E-state index in [-0.39, 0.29) is 0 Å². The van der Waals surface area contributed by atoms with E-state index in [2.05, 4.69) is 9.55 Å². The van der Waals surface area contributed by atoms with Crippen LogP contribution in [0.15, 0.2) is 34.7 Å². The zero-order chi connectivity index (χ0) is 15.1. The molecule has 3 aromatic rings. The van der Waals surface area contributed by atoms with Crippen LogP contribution in [-0.4, -0.2) is 16.7 Å². The highest BCUT2D eigenvalue weighted by Crippen LogP contribution is 2.30. The van der Waals surface area contributed by atoms with E-state index < -0.39 is 0 Å². The third-order valence-electron chi connectivity index (χ3n) is 4.14. The molecule has 0 spiro atoms. The number of rotatable bonds is 2. The van der Waals surface area contributed by atoms with Crippen molar-refractivity contribution in [2.75, 3.05) is 7.11 Å². The number of fused-ring (bicyclic) bond motifs is 2. The fourth-order valence-electron chi connectivity index (χ4n) is 2.93. The fraction of sp³-hybridized carbons (Fsp3) is 0.294. The number of furan rings is 1. The van der Waals surface area contributed by atoms with E-state index in [1.54, 1.807) is 7.11 Å². The molecular formula is C17H16N2O2S. The zero-order valence-electron chi connectivity index (χ0n) is 12.3. The van der Waals surface area contributed by atoms with Crippen LogP contribution in [0.25, 0.3) is 22.4 Å². The fourth-order valence-corrected chi connectivity index (χ4v) is 3.27. The van der Waals surface area contributed by atoms with Crippen LogP contribution in [0.2, 0.25) is 0 Å². The number of methoxy groups -OCH3 is 1. The van der Waals surface area contributed by atoms with Gasteiger partial charge in [0.2, 0.25) is 5.71 Å². The molecule has 3 heterocycles. The van der Waals surface area contributed by atoms with Crippen LogP contribution in [0.3, 0.4) is 0 Å². The van der Waals surface area contributed by atoms with Gasteiger partial charge in [-0.25, -0.2) is 0 Å². The summed E-state index contributed by atoms with van der Waals surface area (Å²) in [6.07, 6.45) is 3.30. The Labute approximate surface area is 133 Å². The zero-order valence-corrected chi connectivity index (χ0v) is 13.2. The van der Waals surface area contributed by atoms with Gasteiger partial charge in [-0.15, -0.1) is 0 Å². The Morgan fingerprint density at radius 2 is 2.05 bits per heavy atom. The van der Waals surface area contributed by atoms with Gasteiger partial charge in [-0.1, -0.05) is 12.2 Å². The first-order valence-electron chi connectivity index (χ1n) is 7.44. The van der Waals surface area contributed by atoms with E-state index in [0.717, 1.165) is 52.3 Å². The SMILES string of the molecule is COc1ccc(-c2cc3c(=S)n4c(nc3o2)CCCC4)cc1. The Kier molecular flexibility index (Phi) is 3.22. The van der Waals surface area contributed by atoms with Gasteiger partial charge in [-0.3, -0.25) is 0 Å². The topological polar surface area (TPSA) is 40.2 Å². The molecule has 2 aromatic heterocycles. The molecule has 0 saturated carbocycles. The van der Waals surface area contributed by atoms with Crippen LogP contribution >= 0.6 is 12.2 Å². The summed E-state index contributed by atoms with van der Waals surface area (Å²) in [5.41, 5.74) is 1.64. The third kappa shape index (κ3) is 2.13. The number of nitrogens with zero attached hydrogens (tertiary/aromatic N) is 2. The van der Waals surface area contributed by atoms with Crippen molar-refractivity contribution < 1.29 is 9.15 Å². The highest BCUT2D eigenvalue weighted by atomic mass is 32.1. The lowest BCUT2D eigenvalue weighted by Gasteiger charge is -2.17. The van der Waals surface area contributed by atoms with Crippen LogP contribution < -0.4 is 4.74 Å². The first-order valence-corrected chi connectivity index (χ1v) is 7.85. The quantitative estimate of drug-likeness (QED) is 0.659. The monoisotopic (exact) mass is 312 g/mol. The molecule has 1 aromatic carbocycles. The smallest absolute Gasteiger partial charge is 0.231 e. The van der Waals surface area contributed by atoms with Gasteiger partial charge in [0.25, 0.3) is 0 Å². The average Bonchev–Trinajstić information content (AvgIpc) is 2.99. The maximum absolute atomic E-state index is 5.94. The Morgan fingerprint density at radius 3 is 2.82 bits per heavy atom. The van der Waals surface area contributed by atoms with E-state index in [1.165, 1.54) is 6.42 Å². The minimum absolute atomic E-state index is 0.643. The summed E-state index contributed by atoms with van der Waals surface area (Å²) >= 11 is 5.63. The first-order chi connectivity index (χ1) is 10.8. The van der Waals surface area contributed by atoms with Gasteiger partial charge >= 0.3 is 0 Å². The molecular weight excluding hydrogens is 296 g/mol. The molecule has 22 heavy (non-hydrogen) atoms. The minimum atomic E-state index is 0.643. The molecule has 0 saturated heterocycles. The lowest BCUT2D eigenvalue weighted by molar-refractivity contribution is 0.415. The molecule has 0 amide bonds. The Balaban J connectivity index is 1.86. The number of hydrogen-bond donors (Lipinski definition) is 0. The predicted octanol–water partition coefficient (Wildman–Crippen LogP) is 4.37. The van der Waals surface area contributed by atoms with Gasteiger partial charge in [0.1, 0.15) is 22.0 Å². The third-order valence-corrected chi connectivity index (χ3v) is 4.58. The van der Waals surface area contributed by atoms with Crippen molar-refractivity contribution in [3.05, 3.63) is 40.8 Å². The molecule has 0 fully saturated rings. The number of hydrogen-bond acceptors (Lipinski definition) is 4. The lowest BCUT2D eigenvalue weighted by Crippen LogP contribution is -2.15. The van der Waals surface area contributed by atoms with Crippen molar-refractivity contribution in [2.45, 2.75) is 25.8 Å². The molecule has 0 aliphatic carbocycles. The lowest BCUT2D eigenvalue weighted by atomic mass is 10.1. The van der Waals surface area contributed by atoms with Gasteiger partial charge in [0, 0.05) is 18.5 Å². The van der Waals surface area contributed by atoms with E-state index in [0.29, 0.717) is 5.71 Å². The molecule has 0 atom stereocenters. The largest absolute Gasteiger partial charge is 0.497 e. The standard InChI is InChI=1S/C17H16N2O2S/c1-20-12-7-5-11(6-8-12)14-10-13-16(21-14)18-15-4-2-3-9-19(15)17(13)22/h5-8,10H,2-4,9H2,1H3. The van der Waals surface area contributed by atoms with Crippen LogP contribution in [0.5, 0.6) is 5.75 Å². The molecule has 112 valence electrons.